The Morgan fingerprint density at radius 3 is 1.50 bits per heavy atom. The highest BCUT2D eigenvalue weighted by molar-refractivity contribution is 6.11. The molecular formula is C70H49NO. The Balaban J connectivity index is 0.923. The highest BCUT2D eigenvalue weighted by atomic mass is 16.3. The lowest BCUT2D eigenvalue weighted by molar-refractivity contribution is 0.660. The van der Waals surface area contributed by atoms with Gasteiger partial charge < -0.3 is 9.32 Å². The number of nitrogens with zero attached hydrogens (tertiary/aromatic N) is 1. The van der Waals surface area contributed by atoms with E-state index in [0.29, 0.717) is 0 Å². The molecule has 2 nitrogen and oxygen atoms in total. The third-order valence-electron chi connectivity index (χ3n) is 15.8. The van der Waals surface area contributed by atoms with Crippen molar-refractivity contribution >= 4 is 39.0 Å². The Hall–Kier alpha value is -8.98. The van der Waals surface area contributed by atoms with E-state index in [9.17, 15) is 0 Å². The monoisotopic (exact) mass is 919 g/mol. The Bertz CT molecular complexity index is 4000. The molecule has 1 heterocycles. The quantitative estimate of drug-likeness (QED) is 0.151. The molecule has 2 heteroatoms. The molecule has 0 N–H and O–H groups in total. The van der Waals surface area contributed by atoms with Gasteiger partial charge in [0.05, 0.1) is 5.41 Å². The molecule has 11 aromatic carbocycles. The molecule has 0 saturated carbocycles. The van der Waals surface area contributed by atoms with E-state index in [4.69, 9.17) is 4.42 Å². The largest absolute Gasteiger partial charge is 0.455 e. The zero-order valence-corrected chi connectivity index (χ0v) is 40.2. The van der Waals surface area contributed by atoms with E-state index in [-0.39, 0.29) is 5.41 Å². The van der Waals surface area contributed by atoms with Crippen LogP contribution in [0.4, 0.5) is 17.1 Å². The number of rotatable bonds is 8. The van der Waals surface area contributed by atoms with E-state index < -0.39 is 5.41 Å². The number of para-hydroxylation sites is 1. The number of furan rings is 1. The van der Waals surface area contributed by atoms with Gasteiger partial charge in [-0.05, 0) is 144 Å². The zero-order valence-electron chi connectivity index (χ0n) is 40.2. The zero-order chi connectivity index (χ0) is 48.0. The van der Waals surface area contributed by atoms with Gasteiger partial charge in [0.25, 0.3) is 0 Å². The second-order valence-corrected chi connectivity index (χ2v) is 20.0. The van der Waals surface area contributed by atoms with Crippen LogP contribution in [0.15, 0.2) is 265 Å². The Labute approximate surface area is 420 Å². The summed E-state index contributed by atoms with van der Waals surface area (Å²) < 4.78 is 6.84. The van der Waals surface area contributed by atoms with Crippen LogP contribution in [0.3, 0.4) is 0 Å². The number of hydrogen-bond acceptors (Lipinski definition) is 2. The van der Waals surface area contributed by atoms with Gasteiger partial charge in [-0.1, -0.05) is 214 Å². The summed E-state index contributed by atoms with van der Waals surface area (Å²) in [5.41, 5.74) is 24.3. The second-order valence-electron chi connectivity index (χ2n) is 20.0. The fourth-order valence-corrected chi connectivity index (χ4v) is 12.3. The van der Waals surface area contributed by atoms with Crippen LogP contribution < -0.4 is 4.90 Å². The molecule has 2 aliphatic rings. The SMILES string of the molecule is CC1(C)c2ccccc2-c2ccc(N(c3ccc(-c4ccccc4)cc3)c3ccc(-c4cc(-c5ccc6c(c5)C(c5ccccc5)(c5ccccc5)c5ccccc5-6)cc5c4oc4ccccc45)cc3)cc21. The smallest absolute Gasteiger partial charge is 0.143 e. The Kier molecular flexibility index (Phi) is 9.50. The minimum atomic E-state index is -0.498. The van der Waals surface area contributed by atoms with Gasteiger partial charge in [-0.2, -0.15) is 0 Å². The van der Waals surface area contributed by atoms with Crippen LogP contribution in [0.25, 0.3) is 77.6 Å². The minimum absolute atomic E-state index is 0.134. The van der Waals surface area contributed by atoms with Crippen LogP contribution in [-0.2, 0) is 10.8 Å². The molecule has 340 valence electrons. The standard InChI is InChI=1S/C70H49NO/c1-69(2)63-27-15-12-24-56(63)58-41-39-55(45-65(58)69)71(53-35-30-47(31-36-53)46-18-6-3-7-19-46)54-37-32-48(33-38-54)61-42-50(43-62-60-26-14-17-29-67(60)72-68(61)62)49-34-40-59-57-25-13-16-28-64(57)70(66(59)44-49,51-20-8-4-9-21-51)52-22-10-5-11-23-52/h3-45H,1-2H3. The first kappa shape index (κ1) is 41.9. The highest BCUT2D eigenvalue weighted by Crippen LogP contribution is 2.57. The van der Waals surface area contributed by atoms with E-state index in [1.165, 1.54) is 66.8 Å². The third kappa shape index (κ3) is 6.35. The van der Waals surface area contributed by atoms with Crippen molar-refractivity contribution in [3.8, 4) is 55.6 Å². The lowest BCUT2D eigenvalue weighted by Gasteiger charge is -2.34. The summed E-state index contributed by atoms with van der Waals surface area (Å²) in [5, 5.41) is 2.21. The number of benzene rings is 11. The van der Waals surface area contributed by atoms with Crippen molar-refractivity contribution in [1.29, 1.82) is 0 Å². The highest BCUT2D eigenvalue weighted by Gasteiger charge is 2.46. The first-order chi connectivity index (χ1) is 35.4. The third-order valence-corrected chi connectivity index (χ3v) is 15.8. The summed E-state index contributed by atoms with van der Waals surface area (Å²) in [6, 6.07) is 95.9. The summed E-state index contributed by atoms with van der Waals surface area (Å²) >= 11 is 0. The molecule has 2 aliphatic carbocycles. The van der Waals surface area contributed by atoms with Crippen molar-refractivity contribution < 1.29 is 4.42 Å². The van der Waals surface area contributed by atoms with Crippen molar-refractivity contribution in [2.45, 2.75) is 24.7 Å². The van der Waals surface area contributed by atoms with E-state index in [1.54, 1.807) is 0 Å². The summed E-state index contributed by atoms with van der Waals surface area (Å²) in [4.78, 5) is 2.40. The molecule has 14 rings (SSSR count). The fourth-order valence-electron chi connectivity index (χ4n) is 12.3. The predicted molar refractivity (Wildman–Crippen MR) is 300 cm³/mol. The summed E-state index contributed by atoms with van der Waals surface area (Å²) in [6.45, 7) is 4.71. The predicted octanol–water partition coefficient (Wildman–Crippen LogP) is 18.7. The molecule has 0 aliphatic heterocycles. The van der Waals surface area contributed by atoms with Crippen molar-refractivity contribution in [3.63, 3.8) is 0 Å². The first-order valence-corrected chi connectivity index (χ1v) is 25.1. The molecule has 0 atom stereocenters. The molecule has 72 heavy (non-hydrogen) atoms. The Morgan fingerprint density at radius 2 is 0.806 bits per heavy atom. The topological polar surface area (TPSA) is 16.4 Å². The van der Waals surface area contributed by atoms with Crippen LogP contribution in [0, 0.1) is 0 Å². The maximum atomic E-state index is 6.84. The summed E-state index contributed by atoms with van der Waals surface area (Å²) in [7, 11) is 0. The van der Waals surface area contributed by atoms with Crippen molar-refractivity contribution in [2.75, 3.05) is 4.90 Å². The summed E-state index contributed by atoms with van der Waals surface area (Å²) in [6.07, 6.45) is 0. The van der Waals surface area contributed by atoms with Crippen molar-refractivity contribution in [1.82, 2.24) is 0 Å². The van der Waals surface area contributed by atoms with Gasteiger partial charge in [-0.3, -0.25) is 0 Å². The van der Waals surface area contributed by atoms with Crippen LogP contribution in [0.1, 0.15) is 47.2 Å². The van der Waals surface area contributed by atoms with Gasteiger partial charge in [0, 0.05) is 38.8 Å². The van der Waals surface area contributed by atoms with Crippen LogP contribution in [-0.4, -0.2) is 0 Å². The molecule has 0 amide bonds. The molecule has 0 spiro atoms. The van der Waals surface area contributed by atoms with Gasteiger partial charge in [0.2, 0.25) is 0 Å². The molecule has 0 radical (unpaired) electrons. The molecule has 1 aromatic heterocycles. The number of hydrogen-bond donors (Lipinski definition) is 0. The van der Waals surface area contributed by atoms with Crippen LogP contribution in [0.2, 0.25) is 0 Å². The normalized spacial score (nSPS) is 13.6. The van der Waals surface area contributed by atoms with Crippen LogP contribution >= 0.6 is 0 Å². The number of fused-ring (bicyclic) bond motifs is 9. The van der Waals surface area contributed by atoms with Crippen molar-refractivity contribution in [2.24, 2.45) is 0 Å². The molecule has 0 bridgehead atoms. The minimum Gasteiger partial charge on any atom is -0.455 e. The first-order valence-electron chi connectivity index (χ1n) is 25.1. The van der Waals surface area contributed by atoms with E-state index in [1.807, 2.05) is 0 Å². The molecule has 0 saturated heterocycles. The molecule has 0 fully saturated rings. The summed E-state index contributed by atoms with van der Waals surface area (Å²) in [5.74, 6) is 0. The van der Waals surface area contributed by atoms with Gasteiger partial charge in [0.15, 0.2) is 0 Å². The van der Waals surface area contributed by atoms with Gasteiger partial charge in [-0.25, -0.2) is 0 Å². The maximum Gasteiger partial charge on any atom is 0.143 e. The van der Waals surface area contributed by atoms with E-state index in [2.05, 4.69) is 280 Å². The van der Waals surface area contributed by atoms with Gasteiger partial charge in [-0.15, -0.1) is 0 Å². The molecular weight excluding hydrogens is 871 g/mol. The number of anilines is 3. The molecule has 0 unspecified atom stereocenters. The fraction of sp³-hybridized carbons (Fsp3) is 0.0571. The lowest BCUT2D eigenvalue weighted by atomic mass is 9.67. The Morgan fingerprint density at radius 1 is 0.306 bits per heavy atom. The average molecular weight is 920 g/mol. The van der Waals surface area contributed by atoms with Crippen molar-refractivity contribution in [3.05, 3.63) is 294 Å². The van der Waals surface area contributed by atoms with Gasteiger partial charge in [0.1, 0.15) is 11.2 Å². The maximum absolute atomic E-state index is 6.84. The van der Waals surface area contributed by atoms with E-state index in [0.717, 1.165) is 61.3 Å². The molecule has 12 aromatic rings. The average Bonchev–Trinajstić information content (AvgIpc) is 4.05. The lowest BCUT2D eigenvalue weighted by Crippen LogP contribution is -2.28. The van der Waals surface area contributed by atoms with Crippen LogP contribution in [0.5, 0.6) is 0 Å². The van der Waals surface area contributed by atoms with E-state index >= 15 is 0 Å². The van der Waals surface area contributed by atoms with Gasteiger partial charge >= 0.3 is 0 Å². The second kappa shape index (κ2) is 16.3.